The molecule has 0 aromatic heterocycles. The Morgan fingerprint density at radius 3 is 2.24 bits per heavy atom. The maximum atomic E-state index is 12.3. The van der Waals surface area contributed by atoms with E-state index >= 15 is 0 Å². The fourth-order valence-corrected chi connectivity index (χ4v) is 3.08. The Kier molecular flexibility index (Phi) is 5.94. The first-order chi connectivity index (χ1) is 12.0. The Balaban J connectivity index is 1.49. The molecule has 1 amide bonds. The van der Waals surface area contributed by atoms with E-state index in [-0.39, 0.29) is 12.5 Å². The highest BCUT2D eigenvalue weighted by molar-refractivity contribution is 6.42. The van der Waals surface area contributed by atoms with Gasteiger partial charge in [-0.15, -0.1) is 0 Å². The van der Waals surface area contributed by atoms with E-state index in [1.54, 1.807) is 18.2 Å². The topological polar surface area (TPSA) is 32.8 Å². The molecule has 0 radical (unpaired) electrons. The Labute approximate surface area is 161 Å². The van der Waals surface area contributed by atoms with Crippen LogP contribution in [0.2, 0.25) is 15.1 Å². The van der Waals surface area contributed by atoms with Gasteiger partial charge in [-0.25, -0.2) is 0 Å². The van der Waals surface area contributed by atoms with Gasteiger partial charge in [0, 0.05) is 43.0 Å². The second-order valence-corrected chi connectivity index (χ2v) is 6.96. The van der Waals surface area contributed by atoms with E-state index in [2.05, 4.69) is 4.90 Å². The van der Waals surface area contributed by atoms with Crippen LogP contribution >= 0.6 is 34.8 Å². The first-order valence-electron chi connectivity index (χ1n) is 7.89. The van der Waals surface area contributed by atoms with Gasteiger partial charge in [0.25, 0.3) is 5.91 Å². The van der Waals surface area contributed by atoms with E-state index in [1.165, 1.54) is 0 Å². The average molecular weight is 400 g/mol. The second kappa shape index (κ2) is 8.17. The standard InChI is InChI=1S/C18H17Cl3N2O2/c19-13-1-3-14(4-2-13)22-7-9-23(10-8-22)18(24)12-25-15-5-6-16(20)17(21)11-15/h1-6,11H,7-10,12H2. The highest BCUT2D eigenvalue weighted by Gasteiger charge is 2.21. The molecule has 0 unspecified atom stereocenters. The van der Waals surface area contributed by atoms with E-state index in [0.29, 0.717) is 28.9 Å². The summed E-state index contributed by atoms with van der Waals surface area (Å²) in [6.45, 7) is 2.86. The summed E-state index contributed by atoms with van der Waals surface area (Å²) in [6, 6.07) is 12.7. The lowest BCUT2D eigenvalue weighted by Crippen LogP contribution is -2.50. The van der Waals surface area contributed by atoms with Gasteiger partial charge in [0.1, 0.15) is 5.75 Å². The van der Waals surface area contributed by atoms with Crippen molar-refractivity contribution in [2.75, 3.05) is 37.7 Å². The van der Waals surface area contributed by atoms with Crippen molar-refractivity contribution < 1.29 is 9.53 Å². The highest BCUT2D eigenvalue weighted by Crippen LogP contribution is 2.26. The van der Waals surface area contributed by atoms with Gasteiger partial charge in [-0.3, -0.25) is 4.79 Å². The quantitative estimate of drug-likeness (QED) is 0.765. The summed E-state index contributed by atoms with van der Waals surface area (Å²) in [5.74, 6) is 0.490. The number of halogens is 3. The first kappa shape index (κ1) is 18.2. The molecule has 0 spiro atoms. The van der Waals surface area contributed by atoms with E-state index in [1.807, 2.05) is 29.2 Å². The van der Waals surface area contributed by atoms with Gasteiger partial charge in [0.15, 0.2) is 6.61 Å². The fourth-order valence-electron chi connectivity index (χ4n) is 2.67. The summed E-state index contributed by atoms with van der Waals surface area (Å²) in [7, 11) is 0. The molecule has 0 bridgehead atoms. The highest BCUT2D eigenvalue weighted by atomic mass is 35.5. The lowest BCUT2D eigenvalue weighted by atomic mass is 10.2. The molecule has 132 valence electrons. The molecule has 1 saturated heterocycles. The number of nitrogens with zero attached hydrogens (tertiary/aromatic N) is 2. The Morgan fingerprint density at radius 1 is 0.920 bits per heavy atom. The van der Waals surface area contributed by atoms with Crippen LogP contribution in [0.25, 0.3) is 0 Å². The third-order valence-corrected chi connectivity index (χ3v) is 5.07. The number of benzene rings is 2. The molecule has 7 heteroatoms. The van der Waals surface area contributed by atoms with Crippen LogP contribution < -0.4 is 9.64 Å². The minimum atomic E-state index is -0.0400. The zero-order valence-electron chi connectivity index (χ0n) is 13.4. The number of hydrogen-bond donors (Lipinski definition) is 0. The summed E-state index contributed by atoms with van der Waals surface area (Å²) in [5.41, 5.74) is 1.11. The Morgan fingerprint density at radius 2 is 1.60 bits per heavy atom. The van der Waals surface area contributed by atoms with E-state index in [9.17, 15) is 4.79 Å². The van der Waals surface area contributed by atoms with Crippen molar-refractivity contribution in [1.29, 1.82) is 0 Å². The third kappa shape index (κ3) is 4.72. The summed E-state index contributed by atoms with van der Waals surface area (Å²) < 4.78 is 5.52. The molecule has 2 aromatic carbocycles. The minimum Gasteiger partial charge on any atom is -0.484 e. The van der Waals surface area contributed by atoms with Crippen LogP contribution in [0.15, 0.2) is 42.5 Å². The van der Waals surface area contributed by atoms with Gasteiger partial charge < -0.3 is 14.5 Å². The second-order valence-electron chi connectivity index (χ2n) is 5.71. The van der Waals surface area contributed by atoms with Crippen molar-refractivity contribution in [3.8, 4) is 5.75 Å². The molecule has 0 saturated carbocycles. The Bertz CT molecular complexity index is 744. The van der Waals surface area contributed by atoms with Gasteiger partial charge in [0.2, 0.25) is 0 Å². The molecule has 2 aromatic rings. The van der Waals surface area contributed by atoms with Crippen molar-refractivity contribution >= 4 is 46.4 Å². The van der Waals surface area contributed by atoms with Crippen LogP contribution in [-0.2, 0) is 4.79 Å². The van der Waals surface area contributed by atoms with Gasteiger partial charge >= 0.3 is 0 Å². The van der Waals surface area contributed by atoms with E-state index in [4.69, 9.17) is 39.5 Å². The fraction of sp³-hybridized carbons (Fsp3) is 0.278. The molecule has 25 heavy (non-hydrogen) atoms. The summed E-state index contributed by atoms with van der Waals surface area (Å²) in [4.78, 5) is 16.4. The normalized spacial score (nSPS) is 14.5. The third-order valence-electron chi connectivity index (χ3n) is 4.08. The molecule has 1 aliphatic rings. The number of rotatable bonds is 4. The molecule has 3 rings (SSSR count). The van der Waals surface area contributed by atoms with Gasteiger partial charge in [-0.1, -0.05) is 34.8 Å². The molecule has 4 nitrogen and oxygen atoms in total. The predicted octanol–water partition coefficient (Wildman–Crippen LogP) is 4.37. The largest absolute Gasteiger partial charge is 0.484 e. The zero-order chi connectivity index (χ0) is 17.8. The van der Waals surface area contributed by atoms with E-state index < -0.39 is 0 Å². The number of carbonyl (C=O) groups excluding carboxylic acids is 1. The van der Waals surface area contributed by atoms with Crippen LogP contribution in [0.4, 0.5) is 5.69 Å². The molecule has 1 heterocycles. The number of ether oxygens (including phenoxy) is 1. The predicted molar refractivity (Wildman–Crippen MR) is 102 cm³/mol. The SMILES string of the molecule is O=C(COc1ccc(Cl)c(Cl)c1)N1CCN(c2ccc(Cl)cc2)CC1. The molecular weight excluding hydrogens is 383 g/mol. The van der Waals surface area contributed by atoms with Crippen molar-refractivity contribution in [2.45, 2.75) is 0 Å². The van der Waals surface area contributed by atoms with Crippen LogP contribution in [0.3, 0.4) is 0 Å². The first-order valence-corrected chi connectivity index (χ1v) is 9.02. The van der Waals surface area contributed by atoms with Crippen molar-refractivity contribution in [2.24, 2.45) is 0 Å². The maximum absolute atomic E-state index is 12.3. The number of carbonyl (C=O) groups is 1. The number of hydrogen-bond acceptors (Lipinski definition) is 3. The number of piperazine rings is 1. The number of amides is 1. The zero-order valence-corrected chi connectivity index (χ0v) is 15.7. The van der Waals surface area contributed by atoms with Crippen LogP contribution in [0, 0.1) is 0 Å². The van der Waals surface area contributed by atoms with Gasteiger partial charge in [-0.05, 0) is 36.4 Å². The summed E-state index contributed by atoms with van der Waals surface area (Å²) >= 11 is 17.7. The molecule has 0 atom stereocenters. The lowest BCUT2D eigenvalue weighted by molar-refractivity contribution is -0.133. The van der Waals surface area contributed by atoms with Crippen molar-refractivity contribution in [3.05, 3.63) is 57.5 Å². The molecule has 0 N–H and O–H groups in total. The van der Waals surface area contributed by atoms with Crippen LogP contribution in [0.5, 0.6) is 5.75 Å². The molecular formula is C18H17Cl3N2O2. The van der Waals surface area contributed by atoms with Crippen molar-refractivity contribution in [3.63, 3.8) is 0 Å². The monoisotopic (exact) mass is 398 g/mol. The maximum Gasteiger partial charge on any atom is 0.260 e. The Hall–Kier alpha value is -1.62. The summed E-state index contributed by atoms with van der Waals surface area (Å²) in [5, 5.41) is 1.58. The smallest absolute Gasteiger partial charge is 0.260 e. The summed E-state index contributed by atoms with van der Waals surface area (Å²) in [6.07, 6.45) is 0. The van der Waals surface area contributed by atoms with Gasteiger partial charge in [0.05, 0.1) is 10.0 Å². The van der Waals surface area contributed by atoms with Gasteiger partial charge in [-0.2, -0.15) is 0 Å². The number of anilines is 1. The van der Waals surface area contributed by atoms with E-state index in [0.717, 1.165) is 23.8 Å². The van der Waals surface area contributed by atoms with Crippen LogP contribution in [-0.4, -0.2) is 43.6 Å². The van der Waals surface area contributed by atoms with Crippen LogP contribution in [0.1, 0.15) is 0 Å². The molecule has 1 aliphatic heterocycles. The molecule has 1 fully saturated rings. The lowest BCUT2D eigenvalue weighted by Gasteiger charge is -2.36. The van der Waals surface area contributed by atoms with Crippen molar-refractivity contribution in [1.82, 2.24) is 4.90 Å². The average Bonchev–Trinajstić information content (AvgIpc) is 2.63. The minimum absolute atomic E-state index is 0.0150. The molecule has 0 aliphatic carbocycles.